The van der Waals surface area contributed by atoms with E-state index in [-0.39, 0.29) is 17.7 Å². The van der Waals surface area contributed by atoms with E-state index in [0.717, 1.165) is 25.7 Å². The lowest BCUT2D eigenvalue weighted by atomic mass is 9.61. The fraction of sp³-hybridized carbons (Fsp3) is 0.786. The zero-order valence-electron chi connectivity index (χ0n) is 12.1. The van der Waals surface area contributed by atoms with Gasteiger partial charge >= 0.3 is 0 Å². The lowest BCUT2D eigenvalue weighted by molar-refractivity contribution is -0.147. The van der Waals surface area contributed by atoms with Crippen molar-refractivity contribution in [3.8, 4) is 0 Å². The Morgan fingerprint density at radius 2 is 2.05 bits per heavy atom. The van der Waals surface area contributed by atoms with Crippen LogP contribution >= 0.6 is 12.2 Å². The summed E-state index contributed by atoms with van der Waals surface area (Å²) in [5, 5.41) is 2.66. The van der Waals surface area contributed by atoms with Gasteiger partial charge in [-0.2, -0.15) is 0 Å². The van der Waals surface area contributed by atoms with E-state index in [4.69, 9.17) is 18.0 Å². The van der Waals surface area contributed by atoms with E-state index < -0.39 is 5.41 Å². The van der Waals surface area contributed by atoms with Gasteiger partial charge in [-0.3, -0.25) is 9.59 Å². The van der Waals surface area contributed by atoms with Crippen LogP contribution in [-0.2, 0) is 9.59 Å². The summed E-state index contributed by atoms with van der Waals surface area (Å²) >= 11 is 5.13. The summed E-state index contributed by atoms with van der Waals surface area (Å²) in [6, 6.07) is 0. The number of carbonyl (C=O) groups is 2. The molecule has 1 saturated heterocycles. The maximum Gasteiger partial charge on any atom is 0.235 e. The highest BCUT2D eigenvalue weighted by Crippen LogP contribution is 2.47. The number of amides is 2. The molecule has 0 radical (unpaired) electrons. The average Bonchev–Trinajstić information content (AvgIpc) is 2.41. The third-order valence-corrected chi connectivity index (χ3v) is 4.99. The second kappa shape index (κ2) is 5.68. The largest absolute Gasteiger partial charge is 0.392 e. The molecule has 1 saturated carbocycles. The van der Waals surface area contributed by atoms with Crippen LogP contribution in [0.1, 0.15) is 32.6 Å². The standard InChI is InChI=1S/C14H23N3O2S/c1-9-6-14(7-9,12(15)20)13(19)17-5-3-4-10(8-17)11(18)16-2/h9-10H,3-8H2,1-2H3,(H2,15,20)(H,16,18). The number of carbonyl (C=O) groups excluding carboxylic acids is 2. The van der Waals surface area contributed by atoms with Crippen molar-refractivity contribution < 1.29 is 9.59 Å². The Morgan fingerprint density at radius 3 is 2.55 bits per heavy atom. The van der Waals surface area contributed by atoms with Gasteiger partial charge in [0.05, 0.1) is 16.3 Å². The van der Waals surface area contributed by atoms with E-state index in [1.54, 1.807) is 11.9 Å². The average molecular weight is 297 g/mol. The molecule has 0 aromatic carbocycles. The van der Waals surface area contributed by atoms with Crippen LogP contribution in [0.4, 0.5) is 0 Å². The van der Waals surface area contributed by atoms with Crippen molar-refractivity contribution in [2.75, 3.05) is 20.1 Å². The molecule has 6 heteroatoms. The minimum atomic E-state index is -0.653. The number of nitrogens with one attached hydrogen (secondary N) is 1. The molecule has 1 unspecified atom stereocenters. The van der Waals surface area contributed by atoms with Crippen LogP contribution in [0.3, 0.4) is 0 Å². The topological polar surface area (TPSA) is 75.4 Å². The molecule has 2 rings (SSSR count). The molecule has 5 nitrogen and oxygen atoms in total. The van der Waals surface area contributed by atoms with E-state index in [1.165, 1.54) is 0 Å². The van der Waals surface area contributed by atoms with E-state index in [2.05, 4.69) is 12.2 Å². The SMILES string of the molecule is CNC(=O)C1CCCN(C(=O)C2(C(N)=S)CC(C)C2)C1. The van der Waals surface area contributed by atoms with Crippen molar-refractivity contribution in [2.24, 2.45) is 23.0 Å². The van der Waals surface area contributed by atoms with Crippen molar-refractivity contribution in [2.45, 2.75) is 32.6 Å². The molecule has 2 aliphatic rings. The van der Waals surface area contributed by atoms with Gasteiger partial charge in [-0.05, 0) is 31.6 Å². The first-order chi connectivity index (χ1) is 9.40. The van der Waals surface area contributed by atoms with Crippen LogP contribution in [0.2, 0.25) is 0 Å². The van der Waals surface area contributed by atoms with Gasteiger partial charge in [0.25, 0.3) is 0 Å². The molecule has 112 valence electrons. The fourth-order valence-electron chi connectivity index (χ4n) is 3.49. The normalized spacial score (nSPS) is 33.2. The highest BCUT2D eigenvalue weighted by atomic mass is 32.1. The predicted molar refractivity (Wildman–Crippen MR) is 81.0 cm³/mol. The molecule has 20 heavy (non-hydrogen) atoms. The minimum Gasteiger partial charge on any atom is -0.392 e. The number of hydrogen-bond acceptors (Lipinski definition) is 3. The molecule has 0 bridgehead atoms. The molecular weight excluding hydrogens is 274 g/mol. The van der Waals surface area contributed by atoms with Crippen LogP contribution in [0.15, 0.2) is 0 Å². The zero-order valence-corrected chi connectivity index (χ0v) is 13.0. The number of piperidine rings is 1. The Bertz CT molecular complexity index is 432. The Labute approximate surface area is 125 Å². The van der Waals surface area contributed by atoms with Crippen LogP contribution in [0.25, 0.3) is 0 Å². The van der Waals surface area contributed by atoms with Gasteiger partial charge in [-0.15, -0.1) is 0 Å². The lowest BCUT2D eigenvalue weighted by Gasteiger charge is -2.47. The number of likely N-dealkylation sites (tertiary alicyclic amines) is 1. The van der Waals surface area contributed by atoms with Gasteiger partial charge < -0.3 is 16.0 Å². The third-order valence-electron chi connectivity index (χ3n) is 4.60. The number of nitrogens with zero attached hydrogens (tertiary/aromatic N) is 1. The van der Waals surface area contributed by atoms with Gasteiger partial charge in [-0.1, -0.05) is 19.1 Å². The van der Waals surface area contributed by atoms with Gasteiger partial charge in [0, 0.05) is 20.1 Å². The first-order valence-electron chi connectivity index (χ1n) is 7.21. The molecule has 1 heterocycles. The Kier molecular flexibility index (Phi) is 4.32. The molecule has 2 amide bonds. The number of rotatable bonds is 3. The molecule has 3 N–H and O–H groups in total. The van der Waals surface area contributed by atoms with Gasteiger partial charge in [0.1, 0.15) is 0 Å². The highest BCUT2D eigenvalue weighted by molar-refractivity contribution is 7.80. The molecule has 0 spiro atoms. The number of nitrogens with two attached hydrogens (primary N) is 1. The molecular formula is C14H23N3O2S. The quantitative estimate of drug-likeness (QED) is 0.751. The molecule has 1 aliphatic heterocycles. The van der Waals surface area contributed by atoms with E-state index in [0.29, 0.717) is 24.0 Å². The van der Waals surface area contributed by atoms with E-state index in [1.807, 2.05) is 0 Å². The summed E-state index contributed by atoms with van der Waals surface area (Å²) in [6.07, 6.45) is 3.16. The van der Waals surface area contributed by atoms with Crippen LogP contribution in [0.5, 0.6) is 0 Å². The maximum atomic E-state index is 12.8. The van der Waals surface area contributed by atoms with E-state index >= 15 is 0 Å². The summed E-state index contributed by atoms with van der Waals surface area (Å²) in [6.45, 7) is 3.29. The predicted octanol–water partition coefficient (Wildman–Crippen LogP) is 0.673. The summed E-state index contributed by atoms with van der Waals surface area (Å²) in [5.74, 6) is 0.407. The monoisotopic (exact) mass is 297 g/mol. The van der Waals surface area contributed by atoms with Crippen molar-refractivity contribution >= 4 is 29.0 Å². The highest BCUT2D eigenvalue weighted by Gasteiger charge is 2.53. The van der Waals surface area contributed by atoms with Gasteiger partial charge in [-0.25, -0.2) is 0 Å². The van der Waals surface area contributed by atoms with Gasteiger partial charge in [0.2, 0.25) is 11.8 Å². The summed E-state index contributed by atoms with van der Waals surface area (Å²) < 4.78 is 0. The Hall–Kier alpha value is -1.17. The maximum absolute atomic E-state index is 12.8. The first-order valence-corrected chi connectivity index (χ1v) is 7.62. The molecule has 0 aromatic heterocycles. The molecule has 1 atom stereocenters. The zero-order chi connectivity index (χ0) is 14.9. The minimum absolute atomic E-state index is 0.00820. The van der Waals surface area contributed by atoms with Crippen molar-refractivity contribution in [3.63, 3.8) is 0 Å². The second-order valence-corrected chi connectivity index (χ2v) is 6.60. The molecule has 0 aromatic rings. The van der Waals surface area contributed by atoms with E-state index in [9.17, 15) is 9.59 Å². The summed E-state index contributed by atoms with van der Waals surface area (Å²) in [7, 11) is 1.63. The van der Waals surface area contributed by atoms with Crippen LogP contribution in [0, 0.1) is 17.3 Å². The van der Waals surface area contributed by atoms with Gasteiger partial charge in [0.15, 0.2) is 0 Å². The van der Waals surface area contributed by atoms with Crippen molar-refractivity contribution in [1.82, 2.24) is 10.2 Å². The number of hydrogen-bond donors (Lipinski definition) is 2. The summed E-state index contributed by atoms with van der Waals surface area (Å²) in [5.41, 5.74) is 5.17. The van der Waals surface area contributed by atoms with Crippen LogP contribution < -0.4 is 11.1 Å². The number of thiocarbonyl (C=S) groups is 1. The van der Waals surface area contributed by atoms with Crippen molar-refractivity contribution in [1.29, 1.82) is 0 Å². The molecule has 1 aliphatic carbocycles. The fourth-order valence-corrected chi connectivity index (χ4v) is 3.75. The lowest BCUT2D eigenvalue weighted by Crippen LogP contribution is -2.59. The van der Waals surface area contributed by atoms with Crippen molar-refractivity contribution in [3.05, 3.63) is 0 Å². The third kappa shape index (κ3) is 2.53. The molecule has 2 fully saturated rings. The Balaban J connectivity index is 2.08. The second-order valence-electron chi connectivity index (χ2n) is 6.16. The van der Waals surface area contributed by atoms with Crippen LogP contribution in [-0.4, -0.2) is 41.8 Å². The first kappa shape index (κ1) is 15.2. The summed E-state index contributed by atoms with van der Waals surface area (Å²) in [4.78, 5) is 26.6. The smallest absolute Gasteiger partial charge is 0.235 e. The Morgan fingerprint density at radius 1 is 1.40 bits per heavy atom.